The van der Waals surface area contributed by atoms with Crippen LogP contribution in [0.5, 0.6) is 5.75 Å². The van der Waals surface area contributed by atoms with Crippen molar-refractivity contribution in [2.75, 3.05) is 13.7 Å². The number of nitrogens with zero attached hydrogens (tertiary/aromatic N) is 1. The van der Waals surface area contributed by atoms with E-state index in [2.05, 4.69) is 83.0 Å². The number of likely N-dealkylation sites (tertiary alicyclic amines) is 1. The van der Waals surface area contributed by atoms with Gasteiger partial charge in [-0.05, 0) is 94.3 Å². The van der Waals surface area contributed by atoms with Crippen molar-refractivity contribution >= 4 is 0 Å². The molecule has 1 aliphatic rings. The van der Waals surface area contributed by atoms with E-state index in [1.165, 1.54) is 17.2 Å². The number of halogens is 1. The van der Waals surface area contributed by atoms with E-state index < -0.39 is 0 Å². The molecule has 0 aromatic heterocycles. The summed E-state index contributed by atoms with van der Waals surface area (Å²) in [4.78, 5) is 2.53. The van der Waals surface area contributed by atoms with Crippen LogP contribution in [0.3, 0.4) is 0 Å². The number of hydrogen-bond acceptors (Lipinski definition) is 2. The second-order valence-electron chi connectivity index (χ2n) is 11.3. The van der Waals surface area contributed by atoms with Crippen LogP contribution >= 0.6 is 0 Å². The van der Waals surface area contributed by atoms with Crippen molar-refractivity contribution in [3.05, 3.63) is 78.1 Å². The lowest BCUT2D eigenvalue weighted by atomic mass is 9.71. The second-order valence-corrected chi connectivity index (χ2v) is 11.3. The number of unbranched alkanes of at least 4 members (excludes halogenated alkanes) is 1. The monoisotopic (exact) mass is 473 g/mol. The standard InChI is InChI=1S/C32H40FNO/c1-7-8-19-35-28-17-18-29(30(33)20-28)26-15-13-24(14-16-26)23-9-11-25(12-10-23)27-21-31(2,3)34(6)32(4,5)22-27/h9-18,20,27H,7-8,19,21-22H2,1-6H3. The van der Waals surface area contributed by atoms with Crippen LogP contribution < -0.4 is 4.74 Å². The summed E-state index contributed by atoms with van der Waals surface area (Å²) in [5.41, 5.74) is 5.58. The van der Waals surface area contributed by atoms with Gasteiger partial charge in [-0.15, -0.1) is 0 Å². The predicted octanol–water partition coefficient (Wildman–Crippen LogP) is 8.71. The number of ether oxygens (including phenoxy) is 1. The van der Waals surface area contributed by atoms with Gasteiger partial charge >= 0.3 is 0 Å². The van der Waals surface area contributed by atoms with E-state index in [1.807, 2.05) is 24.3 Å². The molecular weight excluding hydrogens is 433 g/mol. The molecule has 3 heteroatoms. The van der Waals surface area contributed by atoms with Crippen LogP contribution in [-0.2, 0) is 0 Å². The molecule has 0 unspecified atom stereocenters. The first kappa shape index (κ1) is 25.4. The average molecular weight is 474 g/mol. The fourth-order valence-electron chi connectivity index (χ4n) is 5.55. The maximum Gasteiger partial charge on any atom is 0.134 e. The van der Waals surface area contributed by atoms with Gasteiger partial charge in [0.2, 0.25) is 0 Å². The molecule has 0 amide bonds. The Balaban J connectivity index is 1.48. The van der Waals surface area contributed by atoms with E-state index in [1.54, 1.807) is 0 Å². The summed E-state index contributed by atoms with van der Waals surface area (Å²) in [6.45, 7) is 12.1. The smallest absolute Gasteiger partial charge is 0.134 e. The number of rotatable bonds is 7. The molecule has 1 saturated heterocycles. The molecule has 0 radical (unpaired) electrons. The van der Waals surface area contributed by atoms with E-state index in [-0.39, 0.29) is 16.9 Å². The summed E-state index contributed by atoms with van der Waals surface area (Å²) in [7, 11) is 2.25. The summed E-state index contributed by atoms with van der Waals surface area (Å²) >= 11 is 0. The van der Waals surface area contributed by atoms with Crippen molar-refractivity contribution < 1.29 is 9.13 Å². The Morgan fingerprint density at radius 3 is 1.91 bits per heavy atom. The third-order valence-corrected chi connectivity index (χ3v) is 7.93. The summed E-state index contributed by atoms with van der Waals surface area (Å²) in [5, 5.41) is 0. The van der Waals surface area contributed by atoms with Gasteiger partial charge in [0.25, 0.3) is 0 Å². The summed E-state index contributed by atoms with van der Waals surface area (Å²) in [5.74, 6) is 0.900. The second kappa shape index (κ2) is 10.1. The van der Waals surface area contributed by atoms with Crippen molar-refractivity contribution in [1.82, 2.24) is 4.90 Å². The average Bonchev–Trinajstić information content (AvgIpc) is 2.83. The lowest BCUT2D eigenvalue weighted by Gasteiger charge is -2.54. The van der Waals surface area contributed by atoms with Crippen LogP contribution in [0.15, 0.2) is 66.7 Å². The molecule has 0 aliphatic carbocycles. The highest BCUT2D eigenvalue weighted by Gasteiger charge is 2.43. The third-order valence-electron chi connectivity index (χ3n) is 7.93. The molecule has 0 bridgehead atoms. The lowest BCUT2D eigenvalue weighted by molar-refractivity contribution is -0.0128. The Morgan fingerprint density at radius 1 is 0.829 bits per heavy atom. The quantitative estimate of drug-likeness (QED) is 0.318. The van der Waals surface area contributed by atoms with Crippen LogP contribution in [-0.4, -0.2) is 29.6 Å². The normalized spacial score (nSPS) is 17.9. The zero-order valence-electron chi connectivity index (χ0n) is 22.2. The van der Waals surface area contributed by atoms with Crippen LogP contribution in [0.4, 0.5) is 4.39 Å². The number of benzene rings is 3. The van der Waals surface area contributed by atoms with Gasteiger partial charge in [-0.3, -0.25) is 4.90 Å². The molecule has 2 nitrogen and oxygen atoms in total. The van der Waals surface area contributed by atoms with Crippen molar-refractivity contribution in [2.45, 2.75) is 77.3 Å². The van der Waals surface area contributed by atoms with Gasteiger partial charge in [0.15, 0.2) is 0 Å². The first-order valence-electron chi connectivity index (χ1n) is 13.0. The van der Waals surface area contributed by atoms with Crippen molar-refractivity contribution in [1.29, 1.82) is 0 Å². The molecule has 0 spiro atoms. The van der Waals surface area contributed by atoms with Crippen molar-refractivity contribution in [3.63, 3.8) is 0 Å². The SMILES string of the molecule is CCCCOc1ccc(-c2ccc(-c3ccc(C4CC(C)(C)N(C)C(C)(C)C4)cc3)cc2)c(F)c1. The number of piperidine rings is 1. The summed E-state index contributed by atoms with van der Waals surface area (Å²) in [6.07, 6.45) is 4.36. The Morgan fingerprint density at radius 2 is 1.37 bits per heavy atom. The van der Waals surface area contributed by atoms with E-state index in [9.17, 15) is 4.39 Å². The predicted molar refractivity (Wildman–Crippen MR) is 146 cm³/mol. The largest absolute Gasteiger partial charge is 0.493 e. The molecule has 0 saturated carbocycles. The summed E-state index contributed by atoms with van der Waals surface area (Å²) in [6, 6.07) is 22.4. The van der Waals surface area contributed by atoms with Crippen LogP contribution in [0.1, 0.15) is 71.8 Å². The molecule has 1 fully saturated rings. The van der Waals surface area contributed by atoms with Crippen LogP contribution in [0, 0.1) is 5.82 Å². The number of hydrogen-bond donors (Lipinski definition) is 0. The maximum atomic E-state index is 14.7. The highest BCUT2D eigenvalue weighted by Crippen LogP contribution is 2.44. The van der Waals surface area contributed by atoms with E-state index >= 15 is 0 Å². The molecule has 3 aromatic rings. The van der Waals surface area contributed by atoms with Crippen LogP contribution in [0.2, 0.25) is 0 Å². The minimum atomic E-state index is -0.250. The fourth-order valence-corrected chi connectivity index (χ4v) is 5.55. The van der Waals surface area contributed by atoms with Crippen LogP contribution in [0.25, 0.3) is 22.3 Å². The van der Waals surface area contributed by atoms with E-state index in [4.69, 9.17) is 4.74 Å². The van der Waals surface area contributed by atoms with Crippen molar-refractivity contribution in [2.24, 2.45) is 0 Å². The highest BCUT2D eigenvalue weighted by atomic mass is 19.1. The molecule has 0 N–H and O–H groups in total. The lowest BCUT2D eigenvalue weighted by Crippen LogP contribution is -2.58. The Hall–Kier alpha value is -2.65. The zero-order valence-corrected chi connectivity index (χ0v) is 22.2. The Labute approximate surface area is 211 Å². The fraction of sp³-hybridized carbons (Fsp3) is 0.438. The molecule has 1 heterocycles. The summed E-state index contributed by atoms with van der Waals surface area (Å²) < 4.78 is 20.4. The zero-order chi connectivity index (χ0) is 25.2. The molecule has 186 valence electrons. The van der Waals surface area contributed by atoms with Gasteiger partial charge in [0.1, 0.15) is 11.6 Å². The van der Waals surface area contributed by atoms with Gasteiger partial charge in [-0.1, -0.05) is 61.9 Å². The first-order chi connectivity index (χ1) is 16.6. The minimum Gasteiger partial charge on any atom is -0.493 e. The Bertz CT molecular complexity index is 1110. The van der Waals surface area contributed by atoms with Gasteiger partial charge in [-0.2, -0.15) is 0 Å². The third kappa shape index (κ3) is 5.62. The van der Waals surface area contributed by atoms with Gasteiger partial charge < -0.3 is 4.74 Å². The first-order valence-corrected chi connectivity index (χ1v) is 13.0. The van der Waals surface area contributed by atoms with Gasteiger partial charge in [-0.25, -0.2) is 4.39 Å². The molecule has 35 heavy (non-hydrogen) atoms. The van der Waals surface area contributed by atoms with Gasteiger partial charge in [0.05, 0.1) is 6.61 Å². The molecule has 3 aromatic carbocycles. The Kier molecular flexibility index (Phi) is 7.38. The molecular formula is C32H40FNO. The molecule has 0 atom stereocenters. The highest BCUT2D eigenvalue weighted by molar-refractivity contribution is 5.71. The topological polar surface area (TPSA) is 12.5 Å². The van der Waals surface area contributed by atoms with Gasteiger partial charge in [0, 0.05) is 22.7 Å². The maximum absolute atomic E-state index is 14.7. The van der Waals surface area contributed by atoms with Crippen molar-refractivity contribution in [3.8, 4) is 28.0 Å². The van der Waals surface area contributed by atoms with E-state index in [0.717, 1.165) is 36.8 Å². The molecule has 4 rings (SSSR count). The van der Waals surface area contributed by atoms with E-state index in [0.29, 0.717) is 23.8 Å². The molecule has 1 aliphatic heterocycles. The minimum absolute atomic E-state index is 0.177.